The van der Waals surface area contributed by atoms with Gasteiger partial charge in [0, 0.05) is 32.9 Å². The number of benzene rings is 2. The molecule has 10 nitrogen and oxygen atoms in total. The average molecular weight is 546 g/mol. The van der Waals surface area contributed by atoms with Crippen molar-refractivity contribution in [3.63, 3.8) is 0 Å². The molecule has 2 amide bonds. The molecule has 1 heterocycles. The molecule has 0 spiro atoms. The van der Waals surface area contributed by atoms with Crippen molar-refractivity contribution in [3.05, 3.63) is 62.8 Å². The highest BCUT2D eigenvalue weighted by atomic mass is 32.1. The summed E-state index contributed by atoms with van der Waals surface area (Å²) in [5.41, 5.74) is 1.96. The van der Waals surface area contributed by atoms with Gasteiger partial charge in [0.1, 0.15) is 16.9 Å². The second kappa shape index (κ2) is 12.9. The number of aromatic hydroxyl groups is 1. The molecule has 0 atom stereocenters. The molecule has 0 fully saturated rings. The minimum Gasteiger partial charge on any atom is -0.506 e. The molecule has 0 aliphatic heterocycles. The third-order valence-electron chi connectivity index (χ3n) is 5.76. The number of amides is 2. The second-order valence-corrected chi connectivity index (χ2v) is 10.7. The van der Waals surface area contributed by atoms with Gasteiger partial charge in [-0.05, 0) is 62.9 Å². The third kappa shape index (κ3) is 8.04. The number of hydrogen-bond donors (Lipinski definition) is 3. The molecule has 1 aromatic heterocycles. The van der Waals surface area contributed by atoms with Crippen LogP contribution in [-0.4, -0.2) is 72.7 Å². The zero-order valence-corrected chi connectivity index (χ0v) is 23.1. The van der Waals surface area contributed by atoms with E-state index in [1.165, 1.54) is 20.3 Å². The summed E-state index contributed by atoms with van der Waals surface area (Å²) in [7, 11) is 3.00. The summed E-state index contributed by atoms with van der Waals surface area (Å²) in [6, 6.07) is 10.5. The maximum Gasteiger partial charge on any atom is 0.410 e. The van der Waals surface area contributed by atoms with E-state index in [9.17, 15) is 19.5 Å². The lowest BCUT2D eigenvalue weighted by Crippen LogP contribution is -2.39. The summed E-state index contributed by atoms with van der Waals surface area (Å²) < 4.78 is 16.5. The number of methoxy groups -OCH3 is 2. The maximum atomic E-state index is 13.0. The van der Waals surface area contributed by atoms with Crippen molar-refractivity contribution in [2.45, 2.75) is 45.5 Å². The zero-order chi connectivity index (χ0) is 27.9. The lowest BCUT2D eigenvalue weighted by Gasteiger charge is -2.27. The number of aromatic amines is 1. The van der Waals surface area contributed by atoms with Gasteiger partial charge < -0.3 is 34.5 Å². The minimum atomic E-state index is -0.665. The Morgan fingerprint density at radius 2 is 1.82 bits per heavy atom. The number of nitrogens with zero attached hydrogens (tertiary/aromatic N) is 1. The molecule has 3 aromatic rings. The van der Waals surface area contributed by atoms with Crippen molar-refractivity contribution in [2.24, 2.45) is 0 Å². The lowest BCUT2D eigenvalue weighted by molar-refractivity contribution is -0.0974. The molecular weight excluding hydrogens is 510 g/mol. The Bertz CT molecular complexity index is 1310. The number of thiazole rings is 1. The van der Waals surface area contributed by atoms with Gasteiger partial charge >= 0.3 is 11.0 Å². The van der Waals surface area contributed by atoms with E-state index in [1.807, 2.05) is 26.8 Å². The molecule has 206 valence electrons. The van der Waals surface area contributed by atoms with Gasteiger partial charge in [-0.2, -0.15) is 0 Å². The summed E-state index contributed by atoms with van der Waals surface area (Å²) >= 11 is 1.03. The normalized spacial score (nSPS) is 11.6. The number of hydrogen-bond acceptors (Lipinski definition) is 8. The van der Waals surface area contributed by atoms with Gasteiger partial charge in [0.05, 0.1) is 11.2 Å². The molecule has 0 unspecified atom stereocenters. The average Bonchev–Trinajstić information content (AvgIpc) is 3.27. The highest BCUT2D eigenvalue weighted by molar-refractivity contribution is 7.16. The Morgan fingerprint density at radius 3 is 2.50 bits per heavy atom. The van der Waals surface area contributed by atoms with Crippen molar-refractivity contribution < 1.29 is 28.9 Å². The molecule has 0 bridgehead atoms. The summed E-state index contributed by atoms with van der Waals surface area (Å²) in [6.07, 6.45) is -0.0194. The van der Waals surface area contributed by atoms with Gasteiger partial charge in [-0.15, -0.1) is 0 Å². The third-order valence-corrected chi connectivity index (χ3v) is 6.71. The topological polar surface area (TPSA) is 130 Å². The zero-order valence-electron chi connectivity index (χ0n) is 22.3. The van der Waals surface area contributed by atoms with E-state index in [0.29, 0.717) is 41.7 Å². The molecule has 11 heteroatoms. The predicted molar refractivity (Wildman–Crippen MR) is 146 cm³/mol. The Labute approximate surface area is 225 Å². The number of carbonyl (C=O) groups excluding carboxylic acids is 2. The fourth-order valence-corrected chi connectivity index (χ4v) is 4.72. The first-order chi connectivity index (χ1) is 18.0. The maximum absolute atomic E-state index is 13.0. The number of H-pyrrole nitrogens is 1. The largest absolute Gasteiger partial charge is 0.506 e. The SMILES string of the molecule is COC(CNC(=O)c1cccc(CCN(CCc2ccc(O)c3[nH]c(=O)sc23)C(=O)OC(C)(C)C)c1)OC. The van der Waals surface area contributed by atoms with E-state index in [4.69, 9.17) is 14.2 Å². The molecule has 0 radical (unpaired) electrons. The van der Waals surface area contributed by atoms with Crippen LogP contribution in [0.15, 0.2) is 41.2 Å². The number of phenols is 1. The first-order valence-corrected chi connectivity index (χ1v) is 13.1. The Morgan fingerprint density at radius 1 is 1.11 bits per heavy atom. The fourth-order valence-electron chi connectivity index (χ4n) is 3.82. The van der Waals surface area contributed by atoms with Crippen LogP contribution in [0.4, 0.5) is 4.79 Å². The Kier molecular flexibility index (Phi) is 9.90. The molecular formula is C27H35N3O7S. The van der Waals surface area contributed by atoms with Crippen molar-refractivity contribution in [2.75, 3.05) is 33.9 Å². The number of nitrogens with one attached hydrogen (secondary N) is 2. The fraction of sp³-hybridized carbons (Fsp3) is 0.444. The number of carbonyl (C=O) groups is 2. The van der Waals surface area contributed by atoms with Gasteiger partial charge in [0.15, 0.2) is 6.29 Å². The monoisotopic (exact) mass is 545 g/mol. The number of aromatic nitrogens is 1. The Hall–Kier alpha value is -3.41. The van der Waals surface area contributed by atoms with Gasteiger partial charge in [-0.1, -0.05) is 29.5 Å². The van der Waals surface area contributed by atoms with E-state index < -0.39 is 18.0 Å². The first-order valence-electron chi connectivity index (χ1n) is 12.2. The molecule has 38 heavy (non-hydrogen) atoms. The van der Waals surface area contributed by atoms with Crippen molar-refractivity contribution in [1.29, 1.82) is 0 Å². The van der Waals surface area contributed by atoms with Gasteiger partial charge in [0.2, 0.25) is 0 Å². The quantitative estimate of drug-likeness (QED) is 0.314. The van der Waals surface area contributed by atoms with Gasteiger partial charge in [-0.3, -0.25) is 9.59 Å². The second-order valence-electron chi connectivity index (χ2n) is 9.74. The highest BCUT2D eigenvalue weighted by Crippen LogP contribution is 2.28. The van der Waals surface area contributed by atoms with E-state index >= 15 is 0 Å². The van der Waals surface area contributed by atoms with Gasteiger partial charge in [0.25, 0.3) is 5.91 Å². The molecule has 0 saturated heterocycles. The standard InChI is InChI=1S/C27H35N3O7S/c1-27(2,3)37-26(34)30(14-12-18-9-10-20(31)22-23(18)38-25(33)29-22)13-11-17-7-6-8-19(15-17)24(32)28-16-21(35-4)36-5/h6-10,15,21,31H,11-14,16H2,1-5H3,(H,28,32)(H,29,33). The summed E-state index contributed by atoms with van der Waals surface area (Å²) in [6.45, 7) is 6.34. The number of rotatable bonds is 11. The number of phenolic OH excluding ortho intramolecular Hbond substituents is 1. The van der Waals surface area contributed by atoms with Crippen molar-refractivity contribution >= 4 is 33.6 Å². The van der Waals surface area contributed by atoms with Crippen molar-refractivity contribution in [1.82, 2.24) is 15.2 Å². The molecule has 0 aliphatic rings. The molecule has 2 aromatic carbocycles. The lowest BCUT2D eigenvalue weighted by atomic mass is 10.1. The molecule has 3 N–H and O–H groups in total. The highest BCUT2D eigenvalue weighted by Gasteiger charge is 2.23. The first kappa shape index (κ1) is 29.2. The van der Waals surface area contributed by atoms with Crippen LogP contribution in [0.5, 0.6) is 5.75 Å². The van der Waals surface area contributed by atoms with Crippen LogP contribution in [0, 0.1) is 0 Å². The number of ether oxygens (including phenoxy) is 3. The minimum absolute atomic E-state index is 0.00924. The van der Waals surface area contributed by atoms with Crippen molar-refractivity contribution in [3.8, 4) is 5.75 Å². The summed E-state index contributed by atoms with van der Waals surface area (Å²) in [5, 5.41) is 12.9. The summed E-state index contributed by atoms with van der Waals surface area (Å²) in [5.74, 6) is -0.244. The van der Waals surface area contributed by atoms with E-state index in [-0.39, 0.29) is 23.1 Å². The van der Waals surface area contributed by atoms with Crippen LogP contribution in [-0.2, 0) is 27.1 Å². The van der Waals surface area contributed by atoms with Crippen LogP contribution in [0.1, 0.15) is 42.3 Å². The molecule has 3 rings (SSSR count). The predicted octanol–water partition coefficient (Wildman–Crippen LogP) is 3.67. The van der Waals surface area contributed by atoms with Crippen LogP contribution in [0.2, 0.25) is 0 Å². The van der Waals surface area contributed by atoms with E-state index in [2.05, 4.69) is 10.3 Å². The van der Waals surface area contributed by atoms with Crippen LogP contribution >= 0.6 is 11.3 Å². The smallest absolute Gasteiger partial charge is 0.410 e. The number of fused-ring (bicyclic) bond motifs is 1. The molecule has 0 aliphatic carbocycles. The van der Waals surface area contributed by atoms with E-state index in [1.54, 1.807) is 29.2 Å². The van der Waals surface area contributed by atoms with Gasteiger partial charge in [-0.25, -0.2) is 4.79 Å². The van der Waals surface area contributed by atoms with Crippen LogP contribution in [0.25, 0.3) is 10.2 Å². The van der Waals surface area contributed by atoms with E-state index in [0.717, 1.165) is 22.5 Å². The molecule has 0 saturated carbocycles. The van der Waals surface area contributed by atoms with Crippen LogP contribution in [0.3, 0.4) is 0 Å². The Balaban J connectivity index is 1.71. The van der Waals surface area contributed by atoms with Crippen LogP contribution < -0.4 is 10.2 Å². The summed E-state index contributed by atoms with van der Waals surface area (Å²) in [4.78, 5) is 41.5.